The third kappa shape index (κ3) is 6.05. The molecule has 0 unspecified atom stereocenters. The maximum Gasteiger partial charge on any atom is 0.0107 e. The second-order valence-corrected chi connectivity index (χ2v) is 4.01. The maximum absolute atomic E-state index is 3.54. The monoisotopic (exact) mass is 186 g/mol. The van der Waals surface area contributed by atoms with Gasteiger partial charge in [0.1, 0.15) is 0 Å². The number of hydrogen-bond donors (Lipinski definition) is 1. The van der Waals surface area contributed by atoms with Gasteiger partial charge in [0.25, 0.3) is 0 Å². The highest BCUT2D eigenvalue weighted by atomic mass is 15.1. The smallest absolute Gasteiger partial charge is 0.0107 e. The molecule has 2 heteroatoms. The van der Waals surface area contributed by atoms with Crippen molar-refractivity contribution in [3.05, 3.63) is 0 Å². The Morgan fingerprint density at radius 2 is 1.62 bits per heavy atom. The van der Waals surface area contributed by atoms with Gasteiger partial charge in [-0.15, -0.1) is 0 Å². The first kappa shape index (κ1) is 12.9. The number of hydrogen-bond acceptors (Lipinski definition) is 2. The predicted molar refractivity (Wildman–Crippen MR) is 60.1 cm³/mol. The van der Waals surface area contributed by atoms with E-state index in [2.05, 4.69) is 44.8 Å². The molecule has 80 valence electrons. The van der Waals surface area contributed by atoms with Crippen LogP contribution in [0.15, 0.2) is 0 Å². The summed E-state index contributed by atoms with van der Waals surface area (Å²) < 4.78 is 0. The fraction of sp³-hybridized carbons (Fsp3) is 1.00. The summed E-state index contributed by atoms with van der Waals surface area (Å²) in [7, 11) is 0. The largest absolute Gasteiger partial charge is 0.313 e. The minimum absolute atomic E-state index is 0.635. The summed E-state index contributed by atoms with van der Waals surface area (Å²) >= 11 is 0. The normalized spacial score (nSPS) is 14.1. The van der Waals surface area contributed by atoms with E-state index in [4.69, 9.17) is 0 Å². The van der Waals surface area contributed by atoms with E-state index >= 15 is 0 Å². The van der Waals surface area contributed by atoms with Crippen LogP contribution < -0.4 is 5.32 Å². The SMILES string of the molecule is CCN(CC)CCN[C@@H](C)C(C)C. The Labute approximate surface area is 83.7 Å². The molecule has 0 rings (SSSR count). The number of rotatable bonds is 7. The fourth-order valence-electron chi connectivity index (χ4n) is 1.23. The lowest BCUT2D eigenvalue weighted by Gasteiger charge is -2.22. The number of nitrogens with zero attached hydrogens (tertiary/aromatic N) is 1. The van der Waals surface area contributed by atoms with Gasteiger partial charge < -0.3 is 10.2 Å². The van der Waals surface area contributed by atoms with Crippen LogP contribution in [0.5, 0.6) is 0 Å². The second-order valence-electron chi connectivity index (χ2n) is 4.01. The van der Waals surface area contributed by atoms with Crippen molar-refractivity contribution in [1.82, 2.24) is 10.2 Å². The van der Waals surface area contributed by atoms with Crippen molar-refractivity contribution in [2.45, 2.75) is 40.7 Å². The highest BCUT2D eigenvalue weighted by molar-refractivity contribution is 4.65. The molecule has 0 aliphatic rings. The molecule has 1 atom stereocenters. The van der Waals surface area contributed by atoms with Crippen molar-refractivity contribution >= 4 is 0 Å². The van der Waals surface area contributed by atoms with Gasteiger partial charge in [0.15, 0.2) is 0 Å². The lowest BCUT2D eigenvalue weighted by atomic mass is 10.1. The minimum atomic E-state index is 0.635. The topological polar surface area (TPSA) is 15.3 Å². The number of likely N-dealkylation sites (N-methyl/N-ethyl adjacent to an activating group) is 1. The van der Waals surface area contributed by atoms with Crippen LogP contribution in [-0.4, -0.2) is 37.1 Å². The Bertz CT molecular complexity index is 107. The van der Waals surface area contributed by atoms with Crippen LogP contribution in [-0.2, 0) is 0 Å². The van der Waals surface area contributed by atoms with Crippen molar-refractivity contribution in [1.29, 1.82) is 0 Å². The second kappa shape index (κ2) is 7.34. The van der Waals surface area contributed by atoms with Crippen LogP contribution in [0.2, 0.25) is 0 Å². The number of nitrogens with one attached hydrogen (secondary N) is 1. The zero-order valence-electron chi connectivity index (χ0n) is 9.93. The quantitative estimate of drug-likeness (QED) is 0.654. The summed E-state index contributed by atoms with van der Waals surface area (Å²) in [6.45, 7) is 15.8. The Morgan fingerprint density at radius 3 is 2.00 bits per heavy atom. The van der Waals surface area contributed by atoms with Crippen molar-refractivity contribution in [2.75, 3.05) is 26.2 Å². The average molecular weight is 186 g/mol. The molecule has 0 aromatic heterocycles. The molecule has 0 amide bonds. The lowest BCUT2D eigenvalue weighted by molar-refractivity contribution is 0.290. The van der Waals surface area contributed by atoms with Gasteiger partial charge in [-0.25, -0.2) is 0 Å². The first-order chi connectivity index (χ1) is 6.11. The molecule has 0 aliphatic carbocycles. The van der Waals surface area contributed by atoms with Crippen LogP contribution >= 0.6 is 0 Å². The maximum atomic E-state index is 3.54. The Kier molecular flexibility index (Phi) is 7.29. The summed E-state index contributed by atoms with van der Waals surface area (Å²) in [4.78, 5) is 2.44. The van der Waals surface area contributed by atoms with E-state index in [-0.39, 0.29) is 0 Å². The van der Waals surface area contributed by atoms with Crippen molar-refractivity contribution < 1.29 is 0 Å². The van der Waals surface area contributed by atoms with Gasteiger partial charge in [0.05, 0.1) is 0 Å². The Balaban J connectivity index is 3.43. The standard InChI is InChI=1S/C11H26N2/c1-6-13(7-2)9-8-12-11(5)10(3)4/h10-12H,6-9H2,1-5H3/t11-/m0/s1. The summed E-state index contributed by atoms with van der Waals surface area (Å²) in [5.41, 5.74) is 0. The van der Waals surface area contributed by atoms with Crippen molar-refractivity contribution in [3.63, 3.8) is 0 Å². The van der Waals surface area contributed by atoms with Crippen molar-refractivity contribution in [3.8, 4) is 0 Å². The Hall–Kier alpha value is -0.0800. The molecule has 0 aromatic carbocycles. The van der Waals surface area contributed by atoms with Crippen LogP contribution in [0.25, 0.3) is 0 Å². The molecule has 0 bridgehead atoms. The molecular formula is C11H26N2. The van der Waals surface area contributed by atoms with Crippen LogP contribution in [0, 0.1) is 5.92 Å². The summed E-state index contributed by atoms with van der Waals surface area (Å²) in [5.74, 6) is 0.733. The molecule has 0 heterocycles. The average Bonchev–Trinajstić information content (AvgIpc) is 2.12. The molecule has 0 spiro atoms. The molecule has 0 saturated carbocycles. The zero-order valence-corrected chi connectivity index (χ0v) is 9.93. The van der Waals surface area contributed by atoms with Gasteiger partial charge in [-0.05, 0) is 25.9 Å². The van der Waals surface area contributed by atoms with E-state index in [0.29, 0.717) is 6.04 Å². The summed E-state index contributed by atoms with van der Waals surface area (Å²) in [6.07, 6.45) is 0. The highest BCUT2D eigenvalue weighted by Gasteiger charge is 2.05. The third-order valence-corrected chi connectivity index (χ3v) is 2.79. The van der Waals surface area contributed by atoms with E-state index in [9.17, 15) is 0 Å². The molecule has 1 N–H and O–H groups in total. The van der Waals surface area contributed by atoms with E-state index < -0.39 is 0 Å². The van der Waals surface area contributed by atoms with Crippen LogP contribution in [0.3, 0.4) is 0 Å². The third-order valence-electron chi connectivity index (χ3n) is 2.79. The zero-order chi connectivity index (χ0) is 10.3. The molecule has 0 radical (unpaired) electrons. The van der Waals surface area contributed by atoms with Gasteiger partial charge >= 0.3 is 0 Å². The van der Waals surface area contributed by atoms with Gasteiger partial charge in [-0.2, -0.15) is 0 Å². The molecule has 2 nitrogen and oxygen atoms in total. The molecule has 0 saturated heterocycles. The fourth-order valence-corrected chi connectivity index (χ4v) is 1.23. The van der Waals surface area contributed by atoms with Gasteiger partial charge in [0.2, 0.25) is 0 Å². The molecule has 0 aliphatic heterocycles. The predicted octanol–water partition coefficient (Wildman–Crippen LogP) is 1.96. The van der Waals surface area contributed by atoms with Crippen LogP contribution in [0.1, 0.15) is 34.6 Å². The molecule has 0 fully saturated rings. The molecule has 13 heavy (non-hydrogen) atoms. The summed E-state index contributed by atoms with van der Waals surface area (Å²) in [6, 6.07) is 0.635. The molecular weight excluding hydrogens is 160 g/mol. The van der Waals surface area contributed by atoms with E-state index in [1.54, 1.807) is 0 Å². The molecule has 0 aromatic rings. The van der Waals surface area contributed by atoms with E-state index in [1.807, 2.05) is 0 Å². The van der Waals surface area contributed by atoms with Gasteiger partial charge in [-0.3, -0.25) is 0 Å². The minimum Gasteiger partial charge on any atom is -0.313 e. The lowest BCUT2D eigenvalue weighted by Crippen LogP contribution is -2.38. The van der Waals surface area contributed by atoms with Crippen LogP contribution in [0.4, 0.5) is 0 Å². The first-order valence-electron chi connectivity index (χ1n) is 5.57. The highest BCUT2D eigenvalue weighted by Crippen LogP contribution is 1.98. The van der Waals surface area contributed by atoms with Gasteiger partial charge in [0, 0.05) is 19.1 Å². The first-order valence-corrected chi connectivity index (χ1v) is 5.57. The van der Waals surface area contributed by atoms with Crippen molar-refractivity contribution in [2.24, 2.45) is 5.92 Å². The Morgan fingerprint density at radius 1 is 1.08 bits per heavy atom. The van der Waals surface area contributed by atoms with Gasteiger partial charge in [-0.1, -0.05) is 27.7 Å². The summed E-state index contributed by atoms with van der Waals surface area (Å²) in [5, 5.41) is 3.54. The van der Waals surface area contributed by atoms with E-state index in [0.717, 1.165) is 25.6 Å². The van der Waals surface area contributed by atoms with E-state index in [1.165, 1.54) is 6.54 Å².